The molecule has 1 aromatic carbocycles. The average molecular weight is 465 g/mol. The van der Waals surface area contributed by atoms with Gasteiger partial charge < -0.3 is 21.1 Å². The van der Waals surface area contributed by atoms with E-state index in [2.05, 4.69) is 36.4 Å². The summed E-state index contributed by atoms with van der Waals surface area (Å²) in [6.07, 6.45) is 0.0482. The summed E-state index contributed by atoms with van der Waals surface area (Å²) >= 11 is 0. The molecule has 180 valence electrons. The van der Waals surface area contributed by atoms with Crippen LogP contribution in [0, 0.1) is 11.3 Å². The SMILES string of the molecule is C[C@H]1C[C@@H](Nc2ccc(OCC(=O)NCc3ncccc3C(F)(F)F)cc2N)CC(C)(C)C1. The normalized spacial score (nSPS) is 20.2. The number of hydrogen-bond donors (Lipinski definition) is 3. The first-order valence-electron chi connectivity index (χ1n) is 11.0. The molecule has 2 aromatic rings. The standard InChI is InChI=1S/C24H31F3N4O2/c1-15-9-16(12-23(2,3)11-15)31-20-7-6-17(10-19(20)28)33-14-22(32)30-13-21-18(24(25,26)27)5-4-8-29-21/h4-8,10,15-16,31H,9,11-14,28H2,1-3H3,(H,30,32)/t15-,16+/m0/s1. The average Bonchev–Trinajstić information content (AvgIpc) is 2.70. The molecule has 1 heterocycles. The van der Waals surface area contributed by atoms with Crippen LogP contribution in [0.15, 0.2) is 36.5 Å². The van der Waals surface area contributed by atoms with Crippen molar-refractivity contribution in [3.05, 3.63) is 47.8 Å². The molecule has 0 aliphatic heterocycles. The van der Waals surface area contributed by atoms with Crippen molar-refractivity contribution in [1.82, 2.24) is 10.3 Å². The zero-order valence-corrected chi connectivity index (χ0v) is 19.1. The molecule has 0 bridgehead atoms. The number of halogens is 3. The Bertz CT molecular complexity index is 978. The quantitative estimate of drug-likeness (QED) is 0.502. The summed E-state index contributed by atoms with van der Waals surface area (Å²) in [5.74, 6) is 0.472. The summed E-state index contributed by atoms with van der Waals surface area (Å²) in [7, 11) is 0. The van der Waals surface area contributed by atoms with E-state index in [0.717, 1.165) is 24.6 Å². The number of amides is 1. The van der Waals surface area contributed by atoms with E-state index in [4.69, 9.17) is 10.5 Å². The number of alkyl halides is 3. The lowest BCUT2D eigenvalue weighted by molar-refractivity contribution is -0.138. The molecule has 4 N–H and O–H groups in total. The summed E-state index contributed by atoms with van der Waals surface area (Å²) in [6.45, 7) is 6.12. The van der Waals surface area contributed by atoms with Gasteiger partial charge in [0.2, 0.25) is 0 Å². The van der Waals surface area contributed by atoms with Crippen molar-refractivity contribution in [2.45, 2.75) is 58.8 Å². The smallest absolute Gasteiger partial charge is 0.418 e. The van der Waals surface area contributed by atoms with Gasteiger partial charge in [-0.2, -0.15) is 13.2 Å². The summed E-state index contributed by atoms with van der Waals surface area (Å²) in [4.78, 5) is 15.8. The van der Waals surface area contributed by atoms with Crippen LogP contribution in [0.3, 0.4) is 0 Å². The van der Waals surface area contributed by atoms with Crippen molar-refractivity contribution in [3.8, 4) is 5.75 Å². The predicted octanol–water partition coefficient (Wildman–Crippen LogP) is 5.00. The van der Waals surface area contributed by atoms with Crippen LogP contribution < -0.4 is 21.1 Å². The Labute approximate surface area is 192 Å². The maximum absolute atomic E-state index is 13.0. The van der Waals surface area contributed by atoms with E-state index < -0.39 is 17.6 Å². The van der Waals surface area contributed by atoms with Crippen molar-refractivity contribution in [2.24, 2.45) is 11.3 Å². The van der Waals surface area contributed by atoms with Gasteiger partial charge >= 0.3 is 6.18 Å². The molecule has 1 amide bonds. The van der Waals surface area contributed by atoms with Crippen LogP contribution in [0.2, 0.25) is 0 Å². The lowest BCUT2D eigenvalue weighted by Gasteiger charge is -2.39. The lowest BCUT2D eigenvalue weighted by atomic mass is 9.70. The van der Waals surface area contributed by atoms with Gasteiger partial charge in [0, 0.05) is 18.3 Å². The van der Waals surface area contributed by atoms with E-state index in [0.29, 0.717) is 23.4 Å². The Morgan fingerprint density at radius 3 is 2.70 bits per heavy atom. The minimum Gasteiger partial charge on any atom is -0.484 e. The second kappa shape index (κ2) is 9.89. The fourth-order valence-corrected chi connectivity index (χ4v) is 4.66. The van der Waals surface area contributed by atoms with E-state index in [1.54, 1.807) is 12.1 Å². The van der Waals surface area contributed by atoms with Crippen molar-refractivity contribution < 1.29 is 22.7 Å². The van der Waals surface area contributed by atoms with Gasteiger partial charge in [0.1, 0.15) is 5.75 Å². The van der Waals surface area contributed by atoms with Gasteiger partial charge in [-0.1, -0.05) is 20.8 Å². The summed E-state index contributed by atoms with van der Waals surface area (Å²) < 4.78 is 44.5. The molecule has 0 saturated heterocycles. The maximum Gasteiger partial charge on any atom is 0.418 e. The number of nitrogens with two attached hydrogens (primary N) is 1. The molecule has 3 rings (SSSR count). The molecular formula is C24H31F3N4O2. The van der Waals surface area contributed by atoms with E-state index in [-0.39, 0.29) is 24.3 Å². The fourth-order valence-electron chi connectivity index (χ4n) is 4.66. The van der Waals surface area contributed by atoms with Gasteiger partial charge in [-0.25, -0.2) is 0 Å². The number of nitrogen functional groups attached to an aromatic ring is 1. The van der Waals surface area contributed by atoms with Crippen molar-refractivity contribution in [1.29, 1.82) is 0 Å². The zero-order valence-electron chi connectivity index (χ0n) is 19.1. The number of rotatable bonds is 7. The molecular weight excluding hydrogens is 433 g/mol. The second-order valence-electron chi connectivity index (χ2n) is 9.56. The van der Waals surface area contributed by atoms with Crippen LogP contribution in [0.4, 0.5) is 24.5 Å². The van der Waals surface area contributed by atoms with Gasteiger partial charge in [-0.3, -0.25) is 9.78 Å². The molecule has 6 nitrogen and oxygen atoms in total. The number of anilines is 2. The third-order valence-corrected chi connectivity index (χ3v) is 5.79. The van der Waals surface area contributed by atoms with Crippen LogP contribution in [-0.2, 0) is 17.5 Å². The lowest BCUT2D eigenvalue weighted by Crippen LogP contribution is -2.35. The van der Waals surface area contributed by atoms with Gasteiger partial charge in [0.15, 0.2) is 6.61 Å². The zero-order chi connectivity index (χ0) is 24.2. The first-order valence-corrected chi connectivity index (χ1v) is 11.0. The van der Waals surface area contributed by atoms with Gasteiger partial charge in [-0.05, 0) is 54.9 Å². The number of ether oxygens (including phenoxy) is 1. The van der Waals surface area contributed by atoms with E-state index >= 15 is 0 Å². The van der Waals surface area contributed by atoms with E-state index in [1.165, 1.54) is 18.7 Å². The number of nitrogens with one attached hydrogen (secondary N) is 2. The van der Waals surface area contributed by atoms with Crippen LogP contribution in [0.25, 0.3) is 0 Å². The van der Waals surface area contributed by atoms with Gasteiger partial charge in [-0.15, -0.1) is 0 Å². The summed E-state index contributed by atoms with van der Waals surface area (Å²) in [6, 6.07) is 7.63. The molecule has 1 aromatic heterocycles. The number of nitrogens with zero attached hydrogens (tertiary/aromatic N) is 1. The molecule has 0 unspecified atom stereocenters. The summed E-state index contributed by atoms with van der Waals surface area (Å²) in [5.41, 5.74) is 6.65. The number of carbonyl (C=O) groups is 1. The fraction of sp³-hybridized carbons (Fsp3) is 0.500. The molecule has 0 spiro atoms. The highest BCUT2D eigenvalue weighted by molar-refractivity contribution is 5.77. The third kappa shape index (κ3) is 7.00. The van der Waals surface area contributed by atoms with Crippen LogP contribution >= 0.6 is 0 Å². The molecule has 2 atom stereocenters. The van der Waals surface area contributed by atoms with Crippen molar-refractivity contribution in [3.63, 3.8) is 0 Å². The van der Waals surface area contributed by atoms with E-state index in [9.17, 15) is 18.0 Å². The van der Waals surface area contributed by atoms with Crippen LogP contribution in [0.5, 0.6) is 5.75 Å². The number of pyridine rings is 1. The van der Waals surface area contributed by atoms with Gasteiger partial charge in [0.05, 0.1) is 29.2 Å². The monoisotopic (exact) mass is 464 g/mol. The Balaban J connectivity index is 1.52. The highest BCUT2D eigenvalue weighted by Gasteiger charge is 2.34. The molecule has 1 saturated carbocycles. The molecule has 0 radical (unpaired) electrons. The first kappa shape index (κ1) is 24.7. The Kier molecular flexibility index (Phi) is 7.39. The Morgan fingerprint density at radius 1 is 1.27 bits per heavy atom. The van der Waals surface area contributed by atoms with Crippen LogP contribution in [0.1, 0.15) is 51.3 Å². The molecule has 1 aliphatic carbocycles. The minimum absolute atomic E-state index is 0.252. The number of aromatic nitrogens is 1. The molecule has 1 fully saturated rings. The van der Waals surface area contributed by atoms with Crippen molar-refractivity contribution in [2.75, 3.05) is 17.7 Å². The number of carbonyl (C=O) groups excluding carboxylic acids is 1. The number of benzene rings is 1. The maximum atomic E-state index is 13.0. The highest BCUT2D eigenvalue weighted by atomic mass is 19.4. The largest absolute Gasteiger partial charge is 0.484 e. The van der Waals surface area contributed by atoms with E-state index in [1.807, 2.05) is 6.07 Å². The van der Waals surface area contributed by atoms with Gasteiger partial charge in [0.25, 0.3) is 5.91 Å². The first-order chi connectivity index (χ1) is 15.4. The Morgan fingerprint density at radius 2 is 2.03 bits per heavy atom. The molecule has 1 aliphatic rings. The second-order valence-corrected chi connectivity index (χ2v) is 9.56. The van der Waals surface area contributed by atoms with Crippen molar-refractivity contribution >= 4 is 17.3 Å². The predicted molar refractivity (Wildman–Crippen MR) is 122 cm³/mol. The highest BCUT2D eigenvalue weighted by Crippen LogP contribution is 2.40. The number of hydrogen-bond acceptors (Lipinski definition) is 5. The summed E-state index contributed by atoms with van der Waals surface area (Å²) in [5, 5.41) is 5.93. The topological polar surface area (TPSA) is 89.3 Å². The molecule has 9 heteroatoms. The molecule has 33 heavy (non-hydrogen) atoms. The third-order valence-electron chi connectivity index (χ3n) is 5.79. The Hall–Kier alpha value is -2.97. The minimum atomic E-state index is -4.54. The van der Waals surface area contributed by atoms with Crippen LogP contribution in [-0.4, -0.2) is 23.5 Å².